The molecule has 0 spiro atoms. The third kappa shape index (κ3) is 4.00. The predicted molar refractivity (Wildman–Crippen MR) is 70.4 cm³/mol. The van der Waals surface area contributed by atoms with Crippen molar-refractivity contribution in [2.45, 2.75) is 26.4 Å². The Labute approximate surface area is 108 Å². The highest BCUT2D eigenvalue weighted by molar-refractivity contribution is 5.81. The summed E-state index contributed by atoms with van der Waals surface area (Å²) < 4.78 is 4.99. The number of amides is 1. The van der Waals surface area contributed by atoms with E-state index in [2.05, 4.69) is 10.3 Å². The Morgan fingerprint density at radius 3 is 2.78 bits per heavy atom. The molecule has 0 aliphatic carbocycles. The highest BCUT2D eigenvalue weighted by atomic mass is 16.5. The van der Waals surface area contributed by atoms with Crippen molar-refractivity contribution in [2.75, 3.05) is 20.7 Å². The fourth-order valence-electron chi connectivity index (χ4n) is 1.48. The van der Waals surface area contributed by atoms with Crippen LogP contribution in [0.3, 0.4) is 0 Å². The van der Waals surface area contributed by atoms with Crippen molar-refractivity contribution in [3.05, 3.63) is 23.9 Å². The van der Waals surface area contributed by atoms with Gasteiger partial charge >= 0.3 is 0 Å². The van der Waals surface area contributed by atoms with Gasteiger partial charge in [-0.1, -0.05) is 6.07 Å². The quantitative estimate of drug-likeness (QED) is 0.821. The highest BCUT2D eigenvalue weighted by Crippen LogP contribution is 2.06. The Balaban J connectivity index is 2.46. The first-order chi connectivity index (χ1) is 8.58. The van der Waals surface area contributed by atoms with Crippen LogP contribution in [0.5, 0.6) is 5.88 Å². The van der Waals surface area contributed by atoms with E-state index < -0.39 is 0 Å². The van der Waals surface area contributed by atoms with E-state index in [0.29, 0.717) is 12.4 Å². The monoisotopic (exact) mass is 251 g/mol. The van der Waals surface area contributed by atoms with Crippen LogP contribution in [-0.4, -0.2) is 42.5 Å². The Morgan fingerprint density at radius 2 is 2.28 bits per heavy atom. The first-order valence-corrected chi connectivity index (χ1v) is 6.05. The molecule has 100 valence electrons. The summed E-state index contributed by atoms with van der Waals surface area (Å²) in [6, 6.07) is 3.54. The molecule has 0 aliphatic heterocycles. The van der Waals surface area contributed by atoms with Crippen LogP contribution in [-0.2, 0) is 11.3 Å². The molecule has 1 unspecified atom stereocenters. The fraction of sp³-hybridized carbons (Fsp3) is 0.538. The molecule has 1 atom stereocenters. The minimum Gasteiger partial charge on any atom is -0.481 e. The summed E-state index contributed by atoms with van der Waals surface area (Å²) in [5.74, 6) is 0.688. The second kappa shape index (κ2) is 6.96. The molecular weight excluding hydrogens is 230 g/mol. The fourth-order valence-corrected chi connectivity index (χ4v) is 1.48. The number of pyridine rings is 1. The lowest BCUT2D eigenvalue weighted by atomic mass is 10.2. The van der Waals surface area contributed by atoms with Crippen LogP contribution in [0.2, 0.25) is 0 Å². The van der Waals surface area contributed by atoms with Gasteiger partial charge in [0.25, 0.3) is 0 Å². The number of likely N-dealkylation sites (N-methyl/N-ethyl adjacent to an activating group) is 1. The normalized spacial score (nSPS) is 12.0. The zero-order chi connectivity index (χ0) is 13.5. The van der Waals surface area contributed by atoms with E-state index in [1.807, 2.05) is 26.0 Å². The Morgan fingerprint density at radius 1 is 1.56 bits per heavy atom. The Hall–Kier alpha value is -1.62. The van der Waals surface area contributed by atoms with Crippen LogP contribution in [0, 0.1) is 0 Å². The maximum Gasteiger partial charge on any atom is 0.239 e. The van der Waals surface area contributed by atoms with Crippen LogP contribution >= 0.6 is 0 Å². The number of nitrogens with one attached hydrogen (secondary N) is 1. The van der Waals surface area contributed by atoms with Crippen LogP contribution in [0.4, 0.5) is 0 Å². The van der Waals surface area contributed by atoms with Gasteiger partial charge in [-0.05, 0) is 19.4 Å². The maximum atomic E-state index is 11.8. The average Bonchev–Trinajstić information content (AvgIpc) is 2.43. The van der Waals surface area contributed by atoms with Crippen molar-refractivity contribution in [2.24, 2.45) is 0 Å². The van der Waals surface area contributed by atoms with Gasteiger partial charge in [0.05, 0.1) is 13.2 Å². The van der Waals surface area contributed by atoms with Crippen LogP contribution in [0.1, 0.15) is 19.4 Å². The highest BCUT2D eigenvalue weighted by Gasteiger charge is 2.15. The number of ether oxygens (including phenoxy) is 1. The molecule has 0 bridgehead atoms. The van der Waals surface area contributed by atoms with E-state index >= 15 is 0 Å². The minimum absolute atomic E-state index is 0.0963. The Bertz CT molecular complexity index is 378. The van der Waals surface area contributed by atoms with Gasteiger partial charge in [-0.3, -0.25) is 4.79 Å². The van der Waals surface area contributed by atoms with E-state index in [1.54, 1.807) is 25.3 Å². The Kier molecular flexibility index (Phi) is 5.58. The van der Waals surface area contributed by atoms with Crippen molar-refractivity contribution >= 4 is 5.91 Å². The molecule has 1 aromatic heterocycles. The molecule has 5 nitrogen and oxygen atoms in total. The van der Waals surface area contributed by atoms with Gasteiger partial charge < -0.3 is 15.0 Å². The number of rotatable bonds is 6. The number of nitrogens with zero attached hydrogens (tertiary/aromatic N) is 2. The summed E-state index contributed by atoms with van der Waals surface area (Å²) >= 11 is 0. The van der Waals surface area contributed by atoms with E-state index in [9.17, 15) is 4.79 Å². The number of methoxy groups -OCH3 is 1. The largest absolute Gasteiger partial charge is 0.481 e. The molecule has 0 aliphatic rings. The van der Waals surface area contributed by atoms with Crippen LogP contribution in [0.15, 0.2) is 18.3 Å². The van der Waals surface area contributed by atoms with Crippen molar-refractivity contribution in [3.63, 3.8) is 0 Å². The van der Waals surface area contributed by atoms with Crippen LogP contribution in [0.25, 0.3) is 0 Å². The lowest BCUT2D eigenvalue weighted by molar-refractivity contribution is -0.131. The molecule has 0 saturated carbocycles. The topological polar surface area (TPSA) is 54.5 Å². The standard InChI is InChI=1S/C13H21N3O2/c1-5-16(3)13(17)10(2)14-8-11-6-7-12(18-4)15-9-11/h6-7,9-10,14H,5,8H2,1-4H3. The number of carbonyl (C=O) groups is 1. The maximum absolute atomic E-state index is 11.8. The summed E-state index contributed by atoms with van der Waals surface area (Å²) in [6.07, 6.45) is 1.74. The van der Waals surface area contributed by atoms with E-state index in [4.69, 9.17) is 4.74 Å². The molecule has 0 fully saturated rings. The van der Waals surface area contributed by atoms with Gasteiger partial charge in [-0.2, -0.15) is 0 Å². The lowest BCUT2D eigenvalue weighted by Crippen LogP contribution is -2.42. The molecule has 0 radical (unpaired) electrons. The van der Waals surface area contributed by atoms with Gasteiger partial charge in [0.2, 0.25) is 11.8 Å². The van der Waals surface area contributed by atoms with Crippen molar-refractivity contribution in [3.8, 4) is 5.88 Å². The minimum atomic E-state index is -0.197. The molecular formula is C13H21N3O2. The molecule has 1 rings (SSSR count). The predicted octanol–water partition coefficient (Wildman–Crippen LogP) is 1.05. The average molecular weight is 251 g/mol. The lowest BCUT2D eigenvalue weighted by Gasteiger charge is -2.20. The summed E-state index contributed by atoms with van der Waals surface area (Å²) in [6.45, 7) is 5.15. The van der Waals surface area contributed by atoms with Gasteiger partial charge in [-0.15, -0.1) is 0 Å². The van der Waals surface area contributed by atoms with Crippen molar-refractivity contribution in [1.29, 1.82) is 0 Å². The molecule has 0 aromatic carbocycles. The number of carbonyl (C=O) groups excluding carboxylic acids is 1. The third-order valence-electron chi connectivity index (χ3n) is 2.84. The molecule has 1 heterocycles. The summed E-state index contributed by atoms with van der Waals surface area (Å²) in [4.78, 5) is 17.6. The number of aromatic nitrogens is 1. The summed E-state index contributed by atoms with van der Waals surface area (Å²) in [5, 5.41) is 3.18. The van der Waals surface area contributed by atoms with Gasteiger partial charge in [0.1, 0.15) is 0 Å². The zero-order valence-corrected chi connectivity index (χ0v) is 11.4. The first kappa shape index (κ1) is 14.4. The smallest absolute Gasteiger partial charge is 0.239 e. The molecule has 1 amide bonds. The second-order valence-electron chi connectivity index (χ2n) is 4.16. The molecule has 1 aromatic rings. The third-order valence-corrected chi connectivity index (χ3v) is 2.84. The van der Waals surface area contributed by atoms with Gasteiger partial charge in [-0.25, -0.2) is 4.98 Å². The second-order valence-corrected chi connectivity index (χ2v) is 4.16. The molecule has 5 heteroatoms. The van der Waals surface area contributed by atoms with E-state index in [0.717, 1.165) is 12.1 Å². The number of hydrogen-bond donors (Lipinski definition) is 1. The van der Waals surface area contributed by atoms with Crippen molar-refractivity contribution < 1.29 is 9.53 Å². The summed E-state index contributed by atoms with van der Waals surface area (Å²) in [7, 11) is 3.39. The van der Waals surface area contributed by atoms with Gasteiger partial charge in [0, 0.05) is 32.4 Å². The molecule has 18 heavy (non-hydrogen) atoms. The van der Waals surface area contributed by atoms with E-state index in [1.165, 1.54) is 0 Å². The van der Waals surface area contributed by atoms with Crippen molar-refractivity contribution in [1.82, 2.24) is 15.2 Å². The first-order valence-electron chi connectivity index (χ1n) is 6.05. The summed E-state index contributed by atoms with van der Waals surface area (Å²) in [5.41, 5.74) is 1.02. The van der Waals surface area contributed by atoms with Gasteiger partial charge in [0.15, 0.2) is 0 Å². The zero-order valence-electron chi connectivity index (χ0n) is 11.4. The number of hydrogen-bond acceptors (Lipinski definition) is 4. The SMILES string of the molecule is CCN(C)C(=O)C(C)NCc1ccc(OC)nc1. The van der Waals surface area contributed by atoms with Crippen LogP contribution < -0.4 is 10.1 Å². The van der Waals surface area contributed by atoms with E-state index in [-0.39, 0.29) is 11.9 Å². The molecule has 1 N–H and O–H groups in total. The molecule has 0 saturated heterocycles.